The first-order valence-corrected chi connectivity index (χ1v) is 19.2. The van der Waals surface area contributed by atoms with Crippen LogP contribution in [0.1, 0.15) is 71.4 Å². The number of pyridine rings is 2. The fourth-order valence-electron chi connectivity index (χ4n) is 8.28. The topological polar surface area (TPSA) is 174 Å². The number of carbonyl (C=O) groups is 2. The van der Waals surface area contributed by atoms with Crippen LogP contribution >= 0.6 is 23.2 Å². The number of carbonyl (C=O) groups excluding carboxylic acids is 2. The highest BCUT2D eigenvalue weighted by molar-refractivity contribution is 6.35. The molecular formula is C40H42Cl2F2N8O4. The van der Waals surface area contributed by atoms with Crippen molar-refractivity contribution in [1.29, 1.82) is 0 Å². The fourth-order valence-corrected chi connectivity index (χ4v) is 9.15. The minimum Gasteiger partial charge on any atom is -0.398 e. The predicted octanol–water partition coefficient (Wildman–Crippen LogP) is 5.80. The van der Waals surface area contributed by atoms with Crippen molar-refractivity contribution in [3.8, 4) is 22.3 Å². The van der Waals surface area contributed by atoms with Crippen LogP contribution < -0.4 is 21.7 Å². The Bertz CT molecular complexity index is 2330. The monoisotopic (exact) mass is 806 g/mol. The third-order valence-electron chi connectivity index (χ3n) is 11.5. The average molecular weight is 808 g/mol. The number of fused-ring (bicyclic) bond motifs is 4. The molecule has 0 atom stereocenters. The SMILES string of the molecule is CN(CCO)C(=O)c1c(N)ccc(-c2cnc3c(c2Cl)C2(CC2)CN3CN(CC(C)(C)O)C(=O)c2c(N)ccc(-c3cnc4c(c3Cl)C3(CC3)CN4)c2F)c1F. The van der Waals surface area contributed by atoms with E-state index in [0.717, 1.165) is 31.2 Å². The van der Waals surface area contributed by atoms with Crippen LogP contribution in [-0.4, -0.2) is 93.9 Å². The number of aromatic nitrogens is 2. The van der Waals surface area contributed by atoms with Gasteiger partial charge in [-0.2, -0.15) is 0 Å². The van der Waals surface area contributed by atoms with Gasteiger partial charge in [-0.25, -0.2) is 18.7 Å². The highest BCUT2D eigenvalue weighted by atomic mass is 35.5. The molecule has 0 radical (unpaired) electrons. The Morgan fingerprint density at radius 1 is 0.893 bits per heavy atom. The standard InChI is InChI=1S/C40H42Cl2F2N8O4/c1-38(2,56)17-52(37(55)27-25(46)7-5-20(33(27)44)22-14-47-34-28(30(22)41)39(8-9-39)16-49-34)19-51-18-40(10-11-40)29-31(42)23(15-48-35(29)51)21-4-6-24(45)26(32(21)43)36(54)50(3)12-13-53/h4-7,14-15,53,56H,8-13,16-19,45-46H2,1-3H3,(H,47,49). The molecule has 294 valence electrons. The Morgan fingerprint density at radius 3 is 2.00 bits per heavy atom. The molecule has 16 heteroatoms. The Kier molecular flexibility index (Phi) is 9.14. The number of hydrogen-bond donors (Lipinski definition) is 5. The summed E-state index contributed by atoms with van der Waals surface area (Å²) in [6, 6.07) is 5.83. The fraction of sp³-hybridized carbons (Fsp3) is 0.400. The summed E-state index contributed by atoms with van der Waals surface area (Å²) >= 11 is 14.1. The first kappa shape index (κ1) is 38.1. The lowest BCUT2D eigenvalue weighted by molar-refractivity contribution is 0.0299. The summed E-state index contributed by atoms with van der Waals surface area (Å²) in [4.78, 5) is 41.3. The van der Waals surface area contributed by atoms with Gasteiger partial charge in [-0.05, 0) is 63.8 Å². The van der Waals surface area contributed by atoms with E-state index in [1.807, 2.05) is 4.90 Å². The summed E-state index contributed by atoms with van der Waals surface area (Å²) in [7, 11) is 1.44. The quantitative estimate of drug-likeness (QED) is 0.123. The molecule has 2 aromatic heterocycles. The van der Waals surface area contributed by atoms with E-state index in [4.69, 9.17) is 39.7 Å². The summed E-state index contributed by atoms with van der Waals surface area (Å²) in [6.07, 6.45) is 6.30. The minimum absolute atomic E-state index is 0.0158. The second-order valence-electron chi connectivity index (χ2n) is 16.2. The zero-order valence-electron chi connectivity index (χ0n) is 31.1. The van der Waals surface area contributed by atoms with Gasteiger partial charge in [-0.15, -0.1) is 0 Å². The number of anilines is 4. The van der Waals surface area contributed by atoms with Gasteiger partial charge in [0.15, 0.2) is 0 Å². The van der Waals surface area contributed by atoms with Crippen molar-refractivity contribution in [2.75, 3.05) is 68.2 Å². The van der Waals surface area contributed by atoms with E-state index in [-0.39, 0.29) is 76.0 Å². The molecular weight excluding hydrogens is 765 g/mol. The van der Waals surface area contributed by atoms with Gasteiger partial charge >= 0.3 is 0 Å². The number of hydrogen-bond acceptors (Lipinski definition) is 10. The number of nitrogens with two attached hydrogens (primary N) is 2. The molecule has 7 N–H and O–H groups in total. The molecule has 4 heterocycles. The molecule has 2 aromatic carbocycles. The molecule has 8 rings (SSSR count). The molecule has 0 unspecified atom stereocenters. The van der Waals surface area contributed by atoms with E-state index in [0.29, 0.717) is 40.9 Å². The number of nitrogen functional groups attached to an aromatic ring is 2. The van der Waals surface area contributed by atoms with Crippen molar-refractivity contribution in [2.45, 2.75) is 56.0 Å². The van der Waals surface area contributed by atoms with E-state index in [9.17, 15) is 19.8 Å². The number of halogens is 4. The number of nitrogens with one attached hydrogen (secondary N) is 1. The van der Waals surface area contributed by atoms with Crippen molar-refractivity contribution in [3.05, 3.63) is 80.6 Å². The highest BCUT2D eigenvalue weighted by Gasteiger charge is 2.55. The Balaban J connectivity index is 1.14. The smallest absolute Gasteiger partial charge is 0.260 e. The van der Waals surface area contributed by atoms with Crippen LogP contribution in [-0.2, 0) is 10.8 Å². The normalized spacial score (nSPS) is 16.8. The molecule has 2 fully saturated rings. The van der Waals surface area contributed by atoms with Crippen molar-refractivity contribution < 1.29 is 28.6 Å². The van der Waals surface area contributed by atoms with Gasteiger partial charge in [0.25, 0.3) is 11.8 Å². The van der Waals surface area contributed by atoms with Crippen LogP contribution in [0, 0.1) is 11.6 Å². The van der Waals surface area contributed by atoms with Crippen LogP contribution in [0.15, 0.2) is 36.7 Å². The summed E-state index contributed by atoms with van der Waals surface area (Å²) < 4.78 is 32.9. The van der Waals surface area contributed by atoms with Gasteiger partial charge in [-0.1, -0.05) is 23.2 Å². The van der Waals surface area contributed by atoms with Gasteiger partial charge < -0.3 is 41.7 Å². The van der Waals surface area contributed by atoms with E-state index < -0.39 is 34.5 Å². The molecule has 0 bridgehead atoms. The zero-order chi connectivity index (χ0) is 40.1. The van der Waals surface area contributed by atoms with E-state index >= 15 is 8.78 Å². The van der Waals surface area contributed by atoms with Gasteiger partial charge in [0.1, 0.15) is 23.3 Å². The second kappa shape index (κ2) is 13.4. The van der Waals surface area contributed by atoms with Gasteiger partial charge in [0, 0.05) is 94.7 Å². The largest absolute Gasteiger partial charge is 0.398 e. The van der Waals surface area contributed by atoms with Crippen molar-refractivity contribution in [1.82, 2.24) is 19.8 Å². The predicted molar refractivity (Wildman–Crippen MR) is 212 cm³/mol. The number of rotatable bonds is 10. The maximum atomic E-state index is 16.8. The Labute approximate surface area is 332 Å². The van der Waals surface area contributed by atoms with Crippen LogP contribution in [0.3, 0.4) is 0 Å². The molecule has 2 spiro atoms. The lowest BCUT2D eigenvalue weighted by Crippen LogP contribution is -2.48. The van der Waals surface area contributed by atoms with Crippen molar-refractivity contribution in [2.24, 2.45) is 0 Å². The van der Waals surface area contributed by atoms with Crippen molar-refractivity contribution >= 4 is 58.0 Å². The molecule has 2 aliphatic carbocycles. The summed E-state index contributed by atoms with van der Waals surface area (Å²) in [5.41, 5.74) is 11.8. The first-order valence-electron chi connectivity index (χ1n) is 18.4. The molecule has 4 aromatic rings. The number of aliphatic hydroxyl groups excluding tert-OH is 1. The van der Waals surface area contributed by atoms with Gasteiger partial charge in [0.05, 0.1) is 46.6 Å². The summed E-state index contributed by atoms with van der Waals surface area (Å²) in [5, 5.41) is 24.2. The number of likely N-dealkylation sites (N-methyl/N-ethyl adjacent to an activating group) is 1. The molecule has 0 saturated heterocycles. The highest BCUT2D eigenvalue weighted by Crippen LogP contribution is 2.60. The lowest BCUT2D eigenvalue weighted by Gasteiger charge is -2.34. The van der Waals surface area contributed by atoms with Crippen LogP contribution in [0.2, 0.25) is 10.0 Å². The number of nitrogens with zero attached hydrogens (tertiary/aromatic N) is 5. The Hall–Kier alpha value is -4.76. The number of amides is 2. The first-order chi connectivity index (χ1) is 26.5. The maximum absolute atomic E-state index is 16.8. The number of benzene rings is 2. The molecule has 12 nitrogen and oxygen atoms in total. The minimum atomic E-state index is -1.39. The van der Waals surface area contributed by atoms with Crippen LogP contribution in [0.5, 0.6) is 0 Å². The molecule has 56 heavy (non-hydrogen) atoms. The van der Waals surface area contributed by atoms with E-state index in [1.165, 1.54) is 53.5 Å². The molecule has 4 aliphatic rings. The molecule has 2 saturated carbocycles. The summed E-state index contributed by atoms with van der Waals surface area (Å²) in [5.74, 6) is -2.02. The third kappa shape index (κ3) is 6.17. The average Bonchev–Trinajstić information content (AvgIpc) is 4.03. The third-order valence-corrected chi connectivity index (χ3v) is 12.3. The van der Waals surface area contributed by atoms with E-state index in [2.05, 4.69) is 10.3 Å². The van der Waals surface area contributed by atoms with Crippen LogP contribution in [0.25, 0.3) is 22.3 Å². The number of aliphatic hydroxyl groups is 2. The molecule has 2 amide bonds. The van der Waals surface area contributed by atoms with Gasteiger partial charge in [-0.3, -0.25) is 9.59 Å². The summed E-state index contributed by atoms with van der Waals surface area (Å²) in [6.45, 7) is 3.59. The van der Waals surface area contributed by atoms with E-state index in [1.54, 1.807) is 13.8 Å². The van der Waals surface area contributed by atoms with Crippen molar-refractivity contribution in [3.63, 3.8) is 0 Å². The lowest BCUT2D eigenvalue weighted by atomic mass is 9.95. The Morgan fingerprint density at radius 2 is 1.45 bits per heavy atom. The zero-order valence-corrected chi connectivity index (χ0v) is 32.7. The maximum Gasteiger partial charge on any atom is 0.260 e. The molecule has 2 aliphatic heterocycles. The second-order valence-corrected chi connectivity index (χ2v) is 17.0. The van der Waals surface area contributed by atoms with Gasteiger partial charge in [0.2, 0.25) is 0 Å². The van der Waals surface area contributed by atoms with Crippen LogP contribution in [0.4, 0.5) is 31.8 Å².